The summed E-state index contributed by atoms with van der Waals surface area (Å²) >= 11 is 0. The molecule has 2 aromatic rings. The van der Waals surface area contributed by atoms with Crippen molar-refractivity contribution in [3.05, 3.63) is 34.6 Å². The van der Waals surface area contributed by atoms with E-state index in [1.807, 2.05) is 6.92 Å². The number of hydrogen-bond acceptors (Lipinski definition) is 6. The highest BCUT2D eigenvalue weighted by Gasteiger charge is 2.22. The van der Waals surface area contributed by atoms with Crippen molar-refractivity contribution in [3.63, 3.8) is 0 Å². The fourth-order valence-electron chi connectivity index (χ4n) is 3.96. The normalized spacial score (nSPS) is 20.3. The van der Waals surface area contributed by atoms with Crippen LogP contribution in [0.15, 0.2) is 10.6 Å². The number of nitrogens with zero attached hydrogens (tertiary/aromatic N) is 4. The highest BCUT2D eigenvalue weighted by atomic mass is 16.5. The largest absolute Gasteiger partial charge is 0.361 e. The van der Waals surface area contributed by atoms with E-state index < -0.39 is 0 Å². The first-order chi connectivity index (χ1) is 12.2. The number of nitrogens with one attached hydrogen (secondary N) is 1. The van der Waals surface area contributed by atoms with Gasteiger partial charge in [0.25, 0.3) is 0 Å². The van der Waals surface area contributed by atoms with Gasteiger partial charge in [-0.25, -0.2) is 9.97 Å². The van der Waals surface area contributed by atoms with Crippen molar-refractivity contribution in [2.45, 2.75) is 57.9 Å². The molecule has 1 N–H and O–H groups in total. The summed E-state index contributed by atoms with van der Waals surface area (Å²) in [6.45, 7) is 4.84. The van der Waals surface area contributed by atoms with Gasteiger partial charge in [-0.3, -0.25) is 0 Å². The third-order valence-electron chi connectivity index (χ3n) is 5.37. The van der Waals surface area contributed by atoms with Crippen LogP contribution < -0.4 is 10.2 Å². The molecule has 0 spiro atoms. The van der Waals surface area contributed by atoms with Gasteiger partial charge in [0.15, 0.2) is 0 Å². The zero-order chi connectivity index (χ0) is 17.2. The van der Waals surface area contributed by atoms with Gasteiger partial charge in [-0.05, 0) is 45.6 Å². The van der Waals surface area contributed by atoms with Crippen LogP contribution in [0, 0.1) is 6.92 Å². The Bertz CT molecular complexity index is 735. The lowest BCUT2D eigenvalue weighted by Gasteiger charge is -2.24. The monoisotopic (exact) mass is 341 g/mol. The summed E-state index contributed by atoms with van der Waals surface area (Å²) < 4.78 is 5.55. The van der Waals surface area contributed by atoms with Crippen molar-refractivity contribution in [3.8, 4) is 0 Å². The second-order valence-corrected chi connectivity index (χ2v) is 7.34. The van der Waals surface area contributed by atoms with Gasteiger partial charge in [0.05, 0.1) is 12.2 Å². The third kappa shape index (κ3) is 3.54. The van der Waals surface area contributed by atoms with E-state index in [9.17, 15) is 0 Å². The fourth-order valence-corrected chi connectivity index (χ4v) is 3.96. The number of anilines is 1. The Balaban J connectivity index is 1.54. The SMILES string of the molecule is Cc1nc(C2CCCNC2)cc(N(C)Cc2noc3c2CCCC3)n1. The van der Waals surface area contributed by atoms with Crippen molar-refractivity contribution in [2.75, 3.05) is 25.0 Å². The molecule has 1 atom stereocenters. The van der Waals surface area contributed by atoms with E-state index >= 15 is 0 Å². The number of fused-ring (bicyclic) bond motifs is 1. The van der Waals surface area contributed by atoms with Crippen LogP contribution in [-0.2, 0) is 19.4 Å². The minimum Gasteiger partial charge on any atom is -0.361 e. The molecule has 3 heterocycles. The van der Waals surface area contributed by atoms with E-state index in [0.29, 0.717) is 5.92 Å². The molecule has 2 aliphatic rings. The van der Waals surface area contributed by atoms with Crippen LogP contribution in [0.1, 0.15) is 60.1 Å². The predicted molar refractivity (Wildman–Crippen MR) is 96.9 cm³/mol. The number of hydrogen-bond donors (Lipinski definition) is 1. The summed E-state index contributed by atoms with van der Waals surface area (Å²) in [5.74, 6) is 3.39. The molecule has 6 nitrogen and oxygen atoms in total. The number of rotatable bonds is 4. The third-order valence-corrected chi connectivity index (χ3v) is 5.37. The molecule has 0 saturated carbocycles. The van der Waals surface area contributed by atoms with E-state index in [4.69, 9.17) is 9.51 Å². The minimum atomic E-state index is 0.488. The first-order valence-electron chi connectivity index (χ1n) is 9.44. The Hall–Kier alpha value is -1.95. The fraction of sp³-hybridized carbons (Fsp3) is 0.632. The Kier molecular flexibility index (Phi) is 4.70. The van der Waals surface area contributed by atoms with Crippen LogP contribution in [0.5, 0.6) is 0 Å². The molecule has 0 amide bonds. The molecule has 1 unspecified atom stereocenters. The van der Waals surface area contributed by atoms with E-state index in [0.717, 1.165) is 61.3 Å². The van der Waals surface area contributed by atoms with Gasteiger partial charge in [-0.1, -0.05) is 5.16 Å². The molecule has 1 aliphatic carbocycles. The van der Waals surface area contributed by atoms with Crippen LogP contribution >= 0.6 is 0 Å². The summed E-state index contributed by atoms with van der Waals surface area (Å²) in [5.41, 5.74) is 3.54. The highest BCUT2D eigenvalue weighted by molar-refractivity contribution is 5.41. The molecule has 4 rings (SSSR count). The Morgan fingerprint density at radius 2 is 2.12 bits per heavy atom. The number of aromatic nitrogens is 3. The molecule has 134 valence electrons. The lowest BCUT2D eigenvalue weighted by atomic mass is 9.95. The van der Waals surface area contributed by atoms with Gasteiger partial charge in [0.2, 0.25) is 0 Å². The molecule has 1 fully saturated rings. The molecule has 2 aromatic heterocycles. The summed E-state index contributed by atoms with van der Waals surface area (Å²) in [5, 5.41) is 7.80. The lowest BCUT2D eigenvalue weighted by molar-refractivity contribution is 0.368. The molecule has 1 saturated heterocycles. The smallest absolute Gasteiger partial charge is 0.140 e. The molecule has 0 radical (unpaired) electrons. The van der Waals surface area contributed by atoms with Crippen LogP contribution in [0.2, 0.25) is 0 Å². The molecule has 25 heavy (non-hydrogen) atoms. The molecule has 0 aromatic carbocycles. The van der Waals surface area contributed by atoms with Crippen molar-refractivity contribution in [1.29, 1.82) is 0 Å². The predicted octanol–water partition coefficient (Wildman–Crippen LogP) is 2.76. The van der Waals surface area contributed by atoms with Crippen molar-refractivity contribution in [2.24, 2.45) is 0 Å². The van der Waals surface area contributed by atoms with Crippen LogP contribution in [0.3, 0.4) is 0 Å². The van der Waals surface area contributed by atoms with Gasteiger partial charge in [0, 0.05) is 37.6 Å². The zero-order valence-electron chi connectivity index (χ0n) is 15.2. The average molecular weight is 341 g/mol. The van der Waals surface area contributed by atoms with Gasteiger partial charge < -0.3 is 14.7 Å². The highest BCUT2D eigenvalue weighted by Crippen LogP contribution is 2.27. The summed E-state index contributed by atoms with van der Waals surface area (Å²) in [7, 11) is 2.08. The maximum absolute atomic E-state index is 5.55. The maximum Gasteiger partial charge on any atom is 0.140 e. The second-order valence-electron chi connectivity index (χ2n) is 7.34. The van der Waals surface area contributed by atoms with Crippen LogP contribution in [0.4, 0.5) is 5.82 Å². The summed E-state index contributed by atoms with van der Waals surface area (Å²) in [6, 6.07) is 2.15. The minimum absolute atomic E-state index is 0.488. The van der Waals surface area contributed by atoms with E-state index in [2.05, 4.69) is 33.5 Å². The van der Waals surface area contributed by atoms with Crippen molar-refractivity contribution in [1.82, 2.24) is 20.4 Å². The van der Waals surface area contributed by atoms with Crippen molar-refractivity contribution >= 4 is 5.82 Å². The number of piperidine rings is 1. The van der Waals surface area contributed by atoms with Gasteiger partial charge >= 0.3 is 0 Å². The Morgan fingerprint density at radius 1 is 1.24 bits per heavy atom. The molecule has 6 heteroatoms. The standard InChI is InChI=1S/C19H27N5O/c1-13-21-16(14-6-5-9-20-11-14)10-19(22-13)24(2)12-17-15-7-3-4-8-18(15)25-23-17/h10,14,20H,3-9,11-12H2,1-2H3. The first kappa shape index (κ1) is 16.5. The second kappa shape index (κ2) is 7.12. The molecular formula is C19H27N5O. The summed E-state index contributed by atoms with van der Waals surface area (Å²) in [6.07, 6.45) is 6.96. The quantitative estimate of drug-likeness (QED) is 0.922. The van der Waals surface area contributed by atoms with E-state index in [1.165, 1.54) is 31.2 Å². The average Bonchev–Trinajstić information content (AvgIpc) is 3.05. The van der Waals surface area contributed by atoms with E-state index in [1.54, 1.807) is 0 Å². The Labute approximate surface area is 149 Å². The summed E-state index contributed by atoms with van der Waals surface area (Å²) in [4.78, 5) is 11.5. The zero-order valence-corrected chi connectivity index (χ0v) is 15.2. The first-order valence-corrected chi connectivity index (χ1v) is 9.44. The van der Waals surface area contributed by atoms with Crippen molar-refractivity contribution < 1.29 is 4.52 Å². The maximum atomic E-state index is 5.55. The van der Waals surface area contributed by atoms with Gasteiger partial charge in [0.1, 0.15) is 23.1 Å². The van der Waals surface area contributed by atoms with Gasteiger partial charge in [-0.15, -0.1) is 0 Å². The molecule has 1 aliphatic heterocycles. The van der Waals surface area contributed by atoms with Gasteiger partial charge in [-0.2, -0.15) is 0 Å². The van der Waals surface area contributed by atoms with E-state index in [-0.39, 0.29) is 0 Å². The lowest BCUT2D eigenvalue weighted by Crippen LogP contribution is -2.29. The number of aryl methyl sites for hydroxylation is 2. The molecular weight excluding hydrogens is 314 g/mol. The topological polar surface area (TPSA) is 67.1 Å². The Morgan fingerprint density at radius 3 is 2.96 bits per heavy atom. The molecule has 0 bridgehead atoms. The van der Waals surface area contributed by atoms with Crippen LogP contribution in [-0.4, -0.2) is 35.3 Å². The van der Waals surface area contributed by atoms with Crippen LogP contribution in [0.25, 0.3) is 0 Å².